The zero-order valence-electron chi connectivity index (χ0n) is 20.4. The molecule has 0 atom stereocenters. The second kappa shape index (κ2) is 11.7. The van der Waals surface area contributed by atoms with E-state index < -0.39 is 17.7 Å². The minimum atomic E-state index is -0.626. The number of aromatic nitrogens is 1. The summed E-state index contributed by atoms with van der Waals surface area (Å²) in [6, 6.07) is 5.67. The van der Waals surface area contributed by atoms with E-state index in [9.17, 15) is 14.4 Å². The first kappa shape index (κ1) is 26.2. The van der Waals surface area contributed by atoms with Gasteiger partial charge in [-0.2, -0.15) is 0 Å². The van der Waals surface area contributed by atoms with E-state index in [1.54, 1.807) is 16.6 Å². The van der Waals surface area contributed by atoms with Crippen LogP contribution in [0.5, 0.6) is 0 Å². The van der Waals surface area contributed by atoms with Crippen molar-refractivity contribution in [3.63, 3.8) is 0 Å². The molecule has 0 aliphatic heterocycles. The third kappa shape index (κ3) is 7.78. The number of carbonyl (C=O) groups excluding carboxylic acids is 2. The van der Waals surface area contributed by atoms with Gasteiger partial charge in [-0.3, -0.25) is 9.47 Å². The highest BCUT2D eigenvalue weighted by Crippen LogP contribution is 2.16. The number of ether oxygens (including phenoxy) is 3. The van der Waals surface area contributed by atoms with E-state index in [1.165, 1.54) is 6.20 Å². The molecule has 1 heterocycles. The van der Waals surface area contributed by atoms with Gasteiger partial charge in [0.15, 0.2) is 0 Å². The van der Waals surface area contributed by atoms with Crippen molar-refractivity contribution in [2.75, 3.05) is 45.5 Å². The molecule has 0 bridgehead atoms. The van der Waals surface area contributed by atoms with Gasteiger partial charge < -0.3 is 24.5 Å². The summed E-state index contributed by atoms with van der Waals surface area (Å²) in [5.74, 6) is -0.626. The number of nitrogens with one attached hydrogen (secondary N) is 1. The molecule has 0 unspecified atom stereocenters. The van der Waals surface area contributed by atoms with E-state index in [2.05, 4.69) is 5.32 Å². The van der Waals surface area contributed by atoms with Gasteiger partial charge >= 0.3 is 12.1 Å². The van der Waals surface area contributed by atoms with Gasteiger partial charge in [0.25, 0.3) is 0 Å². The van der Waals surface area contributed by atoms with Crippen molar-refractivity contribution in [1.29, 1.82) is 0 Å². The predicted molar refractivity (Wildman–Crippen MR) is 128 cm³/mol. The number of alkyl carbamates (subject to hydrolysis) is 1. The molecule has 182 valence electrons. The third-order valence-corrected chi connectivity index (χ3v) is 4.64. The van der Waals surface area contributed by atoms with Crippen molar-refractivity contribution in [3.05, 3.63) is 45.7 Å². The fourth-order valence-corrected chi connectivity index (χ4v) is 3.22. The van der Waals surface area contributed by atoms with Crippen molar-refractivity contribution in [1.82, 2.24) is 9.99 Å². The van der Waals surface area contributed by atoms with Gasteiger partial charge in [0.2, 0.25) is 5.43 Å². The van der Waals surface area contributed by atoms with Crippen LogP contribution in [0.15, 0.2) is 29.2 Å². The molecule has 33 heavy (non-hydrogen) atoms. The number of hydrogen-bond donors (Lipinski definition) is 1. The molecule has 1 amide bonds. The Kier molecular flexibility index (Phi) is 9.28. The van der Waals surface area contributed by atoms with Gasteiger partial charge in [-0.15, -0.1) is 0 Å². The summed E-state index contributed by atoms with van der Waals surface area (Å²) >= 11 is 0. The zero-order chi connectivity index (χ0) is 24.6. The van der Waals surface area contributed by atoms with Crippen molar-refractivity contribution < 1.29 is 23.8 Å². The number of amides is 1. The highest BCUT2D eigenvalue weighted by atomic mass is 16.6. The van der Waals surface area contributed by atoms with Crippen molar-refractivity contribution in [2.45, 2.75) is 46.1 Å². The van der Waals surface area contributed by atoms with Gasteiger partial charge in [0.05, 0.1) is 18.7 Å². The molecule has 0 radical (unpaired) electrons. The number of fused-ring (bicyclic) bond motifs is 1. The maximum atomic E-state index is 13.0. The lowest BCUT2D eigenvalue weighted by atomic mass is 10.0. The average molecular weight is 462 g/mol. The lowest BCUT2D eigenvalue weighted by Crippen LogP contribution is -2.34. The normalized spacial score (nSPS) is 11.3. The van der Waals surface area contributed by atoms with Crippen molar-refractivity contribution >= 4 is 23.0 Å². The van der Waals surface area contributed by atoms with Gasteiger partial charge in [-0.1, -0.05) is 6.07 Å². The smallest absolute Gasteiger partial charge is 0.407 e. The van der Waals surface area contributed by atoms with Crippen LogP contribution < -0.4 is 15.8 Å². The standard InChI is InChI=1S/C24H35N3O6/c1-7-32-22(29)19-16-27(26(5)6)20-11-10-17(15-18(20)21(19)28)9-8-13-31-14-12-25-23(30)33-24(2,3)4/h10-11,15-16H,7-9,12-14H2,1-6H3,(H,25,30). The van der Waals surface area contributed by atoms with Crippen LogP contribution in [0.25, 0.3) is 10.9 Å². The summed E-state index contributed by atoms with van der Waals surface area (Å²) in [6.45, 7) is 8.59. The molecule has 0 fully saturated rings. The summed E-state index contributed by atoms with van der Waals surface area (Å²) in [7, 11) is 3.67. The first-order valence-corrected chi connectivity index (χ1v) is 11.1. The molecule has 1 N–H and O–H groups in total. The van der Waals surface area contributed by atoms with Gasteiger partial charge in [0, 0.05) is 38.8 Å². The molecule has 9 heteroatoms. The largest absolute Gasteiger partial charge is 0.462 e. The fraction of sp³-hybridized carbons (Fsp3) is 0.542. The van der Waals surface area contributed by atoms with Crippen LogP contribution in [0.1, 0.15) is 50.0 Å². The molecule has 2 rings (SSSR count). The maximum absolute atomic E-state index is 13.0. The van der Waals surface area contributed by atoms with Crippen LogP contribution in [-0.2, 0) is 20.6 Å². The van der Waals surface area contributed by atoms with E-state index in [1.807, 2.05) is 53.1 Å². The summed E-state index contributed by atoms with van der Waals surface area (Å²) in [5, 5.41) is 4.91. The number of carbonyl (C=O) groups is 2. The molecular formula is C24H35N3O6. The van der Waals surface area contributed by atoms with E-state index in [0.717, 1.165) is 12.0 Å². The van der Waals surface area contributed by atoms with Crippen molar-refractivity contribution in [2.24, 2.45) is 0 Å². The molecule has 1 aromatic heterocycles. The molecule has 0 aliphatic rings. The second-order valence-electron chi connectivity index (χ2n) is 8.78. The van der Waals surface area contributed by atoms with E-state index in [4.69, 9.17) is 14.2 Å². The Bertz CT molecular complexity index is 1020. The number of esters is 1. The molecule has 0 saturated carbocycles. The number of hydrogen-bond acceptors (Lipinski definition) is 7. The Morgan fingerprint density at radius 3 is 2.52 bits per heavy atom. The number of benzene rings is 1. The summed E-state index contributed by atoms with van der Waals surface area (Å²) in [4.78, 5) is 36.8. The SMILES string of the molecule is CCOC(=O)c1cn(N(C)C)c2ccc(CCCOCCNC(=O)OC(C)(C)C)cc2c1=O. The van der Waals surface area contributed by atoms with Crippen LogP contribution >= 0.6 is 0 Å². The van der Waals surface area contributed by atoms with E-state index in [-0.39, 0.29) is 17.6 Å². The van der Waals surface area contributed by atoms with E-state index >= 15 is 0 Å². The van der Waals surface area contributed by atoms with Crippen LogP contribution in [0.4, 0.5) is 4.79 Å². The van der Waals surface area contributed by atoms with Gasteiger partial charge in [-0.25, -0.2) is 9.59 Å². The lowest BCUT2D eigenvalue weighted by molar-refractivity contribution is 0.0495. The Morgan fingerprint density at radius 2 is 1.88 bits per heavy atom. The second-order valence-corrected chi connectivity index (χ2v) is 8.78. The average Bonchev–Trinajstić information content (AvgIpc) is 2.72. The highest BCUT2D eigenvalue weighted by Gasteiger charge is 2.18. The zero-order valence-corrected chi connectivity index (χ0v) is 20.4. The van der Waals surface area contributed by atoms with Crippen LogP contribution in [-0.4, -0.2) is 62.8 Å². The third-order valence-electron chi connectivity index (χ3n) is 4.64. The van der Waals surface area contributed by atoms with Crippen LogP contribution in [0.3, 0.4) is 0 Å². The topological polar surface area (TPSA) is 99.1 Å². The number of pyridine rings is 1. The summed E-state index contributed by atoms with van der Waals surface area (Å²) < 4.78 is 17.5. The van der Waals surface area contributed by atoms with Crippen molar-refractivity contribution in [3.8, 4) is 0 Å². The number of rotatable bonds is 10. The first-order chi connectivity index (χ1) is 15.5. The number of aryl methyl sites for hydroxylation is 1. The van der Waals surface area contributed by atoms with Gasteiger partial charge in [0.1, 0.15) is 11.2 Å². The van der Waals surface area contributed by atoms with E-state index in [0.29, 0.717) is 37.1 Å². The van der Waals surface area contributed by atoms with Crippen LogP contribution in [0.2, 0.25) is 0 Å². The Morgan fingerprint density at radius 1 is 1.15 bits per heavy atom. The minimum absolute atomic E-state index is 0.0102. The Hall–Kier alpha value is -3.07. The van der Waals surface area contributed by atoms with Crippen LogP contribution in [0, 0.1) is 0 Å². The molecule has 0 spiro atoms. The Balaban J connectivity index is 1.97. The highest BCUT2D eigenvalue weighted by molar-refractivity contribution is 5.94. The molecule has 2 aromatic rings. The van der Waals surface area contributed by atoms with Gasteiger partial charge in [-0.05, 0) is 58.2 Å². The molecule has 0 aliphatic carbocycles. The molecule has 9 nitrogen and oxygen atoms in total. The summed E-state index contributed by atoms with van der Waals surface area (Å²) in [5.41, 5.74) is 0.828. The molecule has 0 saturated heterocycles. The monoisotopic (exact) mass is 461 g/mol. The maximum Gasteiger partial charge on any atom is 0.407 e. The first-order valence-electron chi connectivity index (χ1n) is 11.1. The lowest BCUT2D eigenvalue weighted by Gasteiger charge is -2.21. The summed E-state index contributed by atoms with van der Waals surface area (Å²) in [6.07, 6.45) is 2.51. The quantitative estimate of drug-likeness (QED) is 0.429. The minimum Gasteiger partial charge on any atom is -0.462 e. The predicted octanol–water partition coefficient (Wildman–Crippen LogP) is 2.85. The molecule has 1 aromatic carbocycles. The Labute approximate surface area is 194 Å². The fourth-order valence-electron chi connectivity index (χ4n) is 3.22. The number of nitrogens with zero attached hydrogens (tertiary/aromatic N) is 2. The molecular weight excluding hydrogens is 426 g/mol.